The standard InChI is InChI=1S/C15H21N3O/c1-11-5-3-4-8-18(11)10-15-16-13-7-6-12(19-2)9-14(13)17-15/h6-7,9,11H,3-5,8,10H2,1-2H3,(H,16,17). The summed E-state index contributed by atoms with van der Waals surface area (Å²) in [4.78, 5) is 10.6. The molecule has 1 saturated heterocycles. The van der Waals surface area contributed by atoms with Gasteiger partial charge in [0.15, 0.2) is 0 Å². The minimum Gasteiger partial charge on any atom is -0.497 e. The Hall–Kier alpha value is -1.55. The van der Waals surface area contributed by atoms with Gasteiger partial charge in [0.25, 0.3) is 0 Å². The number of methoxy groups -OCH3 is 1. The van der Waals surface area contributed by atoms with Crippen molar-refractivity contribution < 1.29 is 4.74 Å². The summed E-state index contributed by atoms with van der Waals surface area (Å²) >= 11 is 0. The first-order valence-electron chi connectivity index (χ1n) is 7.03. The van der Waals surface area contributed by atoms with Crippen LogP contribution in [-0.2, 0) is 6.54 Å². The molecule has 1 aromatic heterocycles. The fourth-order valence-corrected chi connectivity index (χ4v) is 2.83. The first-order valence-corrected chi connectivity index (χ1v) is 7.03. The molecule has 0 radical (unpaired) electrons. The number of aromatic amines is 1. The van der Waals surface area contributed by atoms with Crippen molar-refractivity contribution in [2.45, 2.75) is 38.8 Å². The van der Waals surface area contributed by atoms with Crippen LogP contribution in [-0.4, -0.2) is 34.6 Å². The van der Waals surface area contributed by atoms with E-state index in [1.54, 1.807) is 7.11 Å². The fourth-order valence-electron chi connectivity index (χ4n) is 2.83. The van der Waals surface area contributed by atoms with E-state index in [1.807, 2.05) is 18.2 Å². The number of likely N-dealkylation sites (tertiary alicyclic amines) is 1. The van der Waals surface area contributed by atoms with Crippen LogP contribution >= 0.6 is 0 Å². The zero-order valence-electron chi connectivity index (χ0n) is 11.6. The van der Waals surface area contributed by atoms with Gasteiger partial charge in [0.05, 0.1) is 24.7 Å². The van der Waals surface area contributed by atoms with Gasteiger partial charge in [-0.1, -0.05) is 6.42 Å². The number of H-pyrrole nitrogens is 1. The van der Waals surface area contributed by atoms with Crippen LogP contribution in [0.4, 0.5) is 0 Å². The van der Waals surface area contributed by atoms with Gasteiger partial charge in [-0.25, -0.2) is 4.98 Å². The predicted octanol–water partition coefficient (Wildman–Crippen LogP) is 2.95. The lowest BCUT2D eigenvalue weighted by atomic mass is 10.0. The van der Waals surface area contributed by atoms with Crippen molar-refractivity contribution in [2.75, 3.05) is 13.7 Å². The van der Waals surface area contributed by atoms with E-state index in [1.165, 1.54) is 25.8 Å². The normalized spacial score (nSPS) is 20.8. The van der Waals surface area contributed by atoms with Crippen molar-refractivity contribution >= 4 is 11.0 Å². The Labute approximate surface area is 113 Å². The molecule has 1 N–H and O–H groups in total. The number of aromatic nitrogens is 2. The topological polar surface area (TPSA) is 41.1 Å². The second kappa shape index (κ2) is 5.21. The maximum Gasteiger partial charge on any atom is 0.121 e. The maximum absolute atomic E-state index is 5.24. The Bertz CT molecular complexity index is 564. The summed E-state index contributed by atoms with van der Waals surface area (Å²) in [5.74, 6) is 1.92. The molecule has 4 heteroatoms. The van der Waals surface area contributed by atoms with E-state index in [-0.39, 0.29) is 0 Å². The Kier molecular flexibility index (Phi) is 3.42. The third-order valence-corrected chi connectivity index (χ3v) is 4.03. The monoisotopic (exact) mass is 259 g/mol. The molecular formula is C15H21N3O. The van der Waals surface area contributed by atoms with Gasteiger partial charge in [-0.2, -0.15) is 0 Å². The van der Waals surface area contributed by atoms with Crippen LogP contribution in [0.3, 0.4) is 0 Å². The summed E-state index contributed by atoms with van der Waals surface area (Å²) in [5, 5.41) is 0. The van der Waals surface area contributed by atoms with Crippen LogP contribution in [0.1, 0.15) is 32.0 Å². The van der Waals surface area contributed by atoms with Crippen LogP contribution in [0.2, 0.25) is 0 Å². The lowest BCUT2D eigenvalue weighted by Crippen LogP contribution is -2.37. The number of hydrogen-bond donors (Lipinski definition) is 1. The molecule has 19 heavy (non-hydrogen) atoms. The number of hydrogen-bond acceptors (Lipinski definition) is 3. The summed E-state index contributed by atoms with van der Waals surface area (Å²) < 4.78 is 5.24. The summed E-state index contributed by atoms with van der Waals surface area (Å²) in [6.07, 6.45) is 3.96. The van der Waals surface area contributed by atoms with Gasteiger partial charge in [0.2, 0.25) is 0 Å². The van der Waals surface area contributed by atoms with Crippen molar-refractivity contribution in [3.63, 3.8) is 0 Å². The number of imidazole rings is 1. The lowest BCUT2D eigenvalue weighted by Gasteiger charge is -2.32. The Morgan fingerprint density at radius 1 is 1.42 bits per heavy atom. The van der Waals surface area contributed by atoms with Gasteiger partial charge in [-0.15, -0.1) is 0 Å². The highest BCUT2D eigenvalue weighted by Gasteiger charge is 2.19. The van der Waals surface area contributed by atoms with E-state index in [2.05, 4.69) is 21.8 Å². The molecule has 2 aromatic rings. The number of piperidine rings is 1. The molecule has 0 aliphatic carbocycles. The molecule has 0 amide bonds. The number of fused-ring (bicyclic) bond motifs is 1. The Balaban J connectivity index is 1.81. The molecule has 1 aromatic carbocycles. The molecule has 1 unspecified atom stereocenters. The molecule has 0 spiro atoms. The fraction of sp³-hybridized carbons (Fsp3) is 0.533. The quantitative estimate of drug-likeness (QED) is 0.921. The van der Waals surface area contributed by atoms with Crippen molar-refractivity contribution in [2.24, 2.45) is 0 Å². The van der Waals surface area contributed by atoms with Crippen molar-refractivity contribution in [1.82, 2.24) is 14.9 Å². The van der Waals surface area contributed by atoms with E-state index in [4.69, 9.17) is 4.74 Å². The zero-order valence-corrected chi connectivity index (χ0v) is 11.6. The number of nitrogens with zero attached hydrogens (tertiary/aromatic N) is 2. The van der Waals surface area contributed by atoms with Gasteiger partial charge in [-0.05, 0) is 38.4 Å². The number of ether oxygens (including phenoxy) is 1. The van der Waals surface area contributed by atoms with Crippen LogP contribution < -0.4 is 4.74 Å². The minimum absolute atomic E-state index is 0.663. The molecule has 4 nitrogen and oxygen atoms in total. The second-order valence-corrected chi connectivity index (χ2v) is 5.38. The van der Waals surface area contributed by atoms with E-state index < -0.39 is 0 Å². The average molecular weight is 259 g/mol. The largest absolute Gasteiger partial charge is 0.497 e. The molecule has 1 fully saturated rings. The van der Waals surface area contributed by atoms with E-state index in [0.29, 0.717) is 6.04 Å². The van der Waals surface area contributed by atoms with E-state index in [0.717, 1.165) is 29.2 Å². The van der Waals surface area contributed by atoms with Crippen LogP contribution in [0, 0.1) is 0 Å². The first-order chi connectivity index (χ1) is 9.26. The van der Waals surface area contributed by atoms with Gasteiger partial charge in [0.1, 0.15) is 11.6 Å². The van der Waals surface area contributed by atoms with Crippen molar-refractivity contribution in [3.8, 4) is 5.75 Å². The molecule has 0 saturated carbocycles. The number of benzene rings is 1. The molecule has 3 rings (SSSR count). The molecule has 102 valence electrons. The Morgan fingerprint density at radius 2 is 2.32 bits per heavy atom. The summed E-state index contributed by atoms with van der Waals surface area (Å²) in [6.45, 7) is 4.41. The van der Waals surface area contributed by atoms with Crippen molar-refractivity contribution in [3.05, 3.63) is 24.0 Å². The van der Waals surface area contributed by atoms with Crippen LogP contribution in [0.25, 0.3) is 11.0 Å². The van der Waals surface area contributed by atoms with Crippen LogP contribution in [0.15, 0.2) is 18.2 Å². The highest BCUT2D eigenvalue weighted by atomic mass is 16.5. The molecule has 2 heterocycles. The third-order valence-electron chi connectivity index (χ3n) is 4.03. The minimum atomic E-state index is 0.663. The lowest BCUT2D eigenvalue weighted by molar-refractivity contribution is 0.149. The highest BCUT2D eigenvalue weighted by molar-refractivity contribution is 5.76. The molecule has 0 bridgehead atoms. The number of nitrogens with one attached hydrogen (secondary N) is 1. The van der Waals surface area contributed by atoms with Crippen molar-refractivity contribution in [1.29, 1.82) is 0 Å². The van der Waals surface area contributed by atoms with E-state index >= 15 is 0 Å². The number of rotatable bonds is 3. The second-order valence-electron chi connectivity index (χ2n) is 5.38. The molecule has 1 aliphatic rings. The summed E-state index contributed by atoms with van der Waals surface area (Å²) in [7, 11) is 1.69. The van der Waals surface area contributed by atoms with E-state index in [9.17, 15) is 0 Å². The van der Waals surface area contributed by atoms with Gasteiger partial charge in [-0.3, -0.25) is 4.90 Å². The highest BCUT2D eigenvalue weighted by Crippen LogP contribution is 2.21. The average Bonchev–Trinajstić information content (AvgIpc) is 2.82. The maximum atomic E-state index is 5.24. The van der Waals surface area contributed by atoms with Crippen LogP contribution in [0.5, 0.6) is 5.75 Å². The van der Waals surface area contributed by atoms with Gasteiger partial charge < -0.3 is 9.72 Å². The molecule has 1 aliphatic heterocycles. The summed E-state index contributed by atoms with van der Waals surface area (Å²) in [5.41, 5.74) is 2.07. The zero-order chi connectivity index (χ0) is 13.2. The molecule has 1 atom stereocenters. The summed E-state index contributed by atoms with van der Waals surface area (Å²) in [6, 6.07) is 6.63. The third kappa shape index (κ3) is 2.59. The smallest absolute Gasteiger partial charge is 0.121 e. The first kappa shape index (κ1) is 12.5. The SMILES string of the molecule is COc1ccc2nc(CN3CCCCC3C)[nH]c2c1. The Morgan fingerprint density at radius 3 is 3.11 bits per heavy atom. The van der Waals surface area contributed by atoms with Gasteiger partial charge in [0, 0.05) is 12.1 Å². The predicted molar refractivity (Wildman–Crippen MR) is 76.4 cm³/mol. The molecular weight excluding hydrogens is 238 g/mol. The van der Waals surface area contributed by atoms with Gasteiger partial charge >= 0.3 is 0 Å².